The highest BCUT2D eigenvalue weighted by Gasteiger charge is 2.30. The summed E-state index contributed by atoms with van der Waals surface area (Å²) >= 11 is 0. The van der Waals surface area contributed by atoms with Crippen LogP contribution in [0.15, 0.2) is 42.6 Å². The minimum absolute atomic E-state index is 0.194. The Morgan fingerprint density at radius 3 is 2.62 bits per heavy atom. The average molecular weight is 449 g/mol. The summed E-state index contributed by atoms with van der Waals surface area (Å²) in [6.45, 7) is 3.73. The number of alkyl halides is 3. The third-order valence-corrected chi connectivity index (χ3v) is 6.51. The Bertz CT molecular complexity index is 853. The highest BCUT2D eigenvalue weighted by molar-refractivity contribution is 5.76. The molecule has 1 heterocycles. The Balaban J connectivity index is 1.67. The van der Waals surface area contributed by atoms with E-state index in [0.29, 0.717) is 31.0 Å². The monoisotopic (exact) mass is 448 g/mol. The van der Waals surface area contributed by atoms with Crippen molar-refractivity contribution in [1.82, 2.24) is 9.47 Å². The van der Waals surface area contributed by atoms with Gasteiger partial charge in [-0.3, -0.25) is 4.79 Å². The Morgan fingerprint density at radius 2 is 1.91 bits per heavy atom. The predicted molar refractivity (Wildman–Crippen MR) is 121 cm³/mol. The SMILES string of the molecule is CCCCCN(Cc1cccn1Cc1cccc(C(F)(F)F)c1)C(=O)CCC1CCCC1. The first kappa shape index (κ1) is 24.4. The van der Waals surface area contributed by atoms with Crippen molar-refractivity contribution in [2.75, 3.05) is 6.54 Å². The van der Waals surface area contributed by atoms with E-state index in [-0.39, 0.29) is 5.91 Å². The molecular weight excluding hydrogens is 413 g/mol. The molecule has 0 bridgehead atoms. The Hall–Kier alpha value is -2.24. The van der Waals surface area contributed by atoms with Gasteiger partial charge in [0.05, 0.1) is 12.1 Å². The minimum Gasteiger partial charge on any atom is -0.345 e. The third kappa shape index (κ3) is 7.14. The molecule has 32 heavy (non-hydrogen) atoms. The van der Waals surface area contributed by atoms with E-state index in [2.05, 4.69) is 6.92 Å². The van der Waals surface area contributed by atoms with Gasteiger partial charge in [0.1, 0.15) is 0 Å². The lowest BCUT2D eigenvalue weighted by Crippen LogP contribution is -2.32. The molecule has 0 radical (unpaired) electrons. The van der Waals surface area contributed by atoms with Crippen LogP contribution in [0.3, 0.4) is 0 Å². The molecule has 0 unspecified atom stereocenters. The van der Waals surface area contributed by atoms with Crippen LogP contribution in [0.2, 0.25) is 0 Å². The van der Waals surface area contributed by atoms with Gasteiger partial charge in [0, 0.05) is 31.4 Å². The second-order valence-corrected chi connectivity index (χ2v) is 9.04. The van der Waals surface area contributed by atoms with Crippen LogP contribution in [0.25, 0.3) is 0 Å². The number of rotatable bonds is 11. The summed E-state index contributed by atoms with van der Waals surface area (Å²) in [5.41, 5.74) is 0.919. The number of hydrogen-bond donors (Lipinski definition) is 0. The number of carbonyl (C=O) groups is 1. The largest absolute Gasteiger partial charge is 0.416 e. The number of unbranched alkanes of at least 4 members (excludes halogenated alkanes) is 2. The molecule has 1 fully saturated rings. The van der Waals surface area contributed by atoms with Gasteiger partial charge in [0.15, 0.2) is 0 Å². The maximum absolute atomic E-state index is 13.1. The van der Waals surface area contributed by atoms with Crippen molar-refractivity contribution in [1.29, 1.82) is 0 Å². The van der Waals surface area contributed by atoms with Crippen LogP contribution in [-0.4, -0.2) is 21.9 Å². The van der Waals surface area contributed by atoms with Gasteiger partial charge in [-0.1, -0.05) is 57.6 Å². The van der Waals surface area contributed by atoms with Crippen LogP contribution in [0.5, 0.6) is 0 Å². The standard InChI is InChI=1S/C26H35F3N2O/c1-2-3-6-16-31(25(32)15-14-21-9-4-5-10-21)20-24-13-8-17-30(24)19-22-11-7-12-23(18-22)26(27,28)29/h7-8,11-13,17-18,21H,2-6,9-10,14-16,19-20H2,1H3. The van der Waals surface area contributed by atoms with Gasteiger partial charge in [0.25, 0.3) is 0 Å². The molecule has 3 nitrogen and oxygen atoms in total. The lowest BCUT2D eigenvalue weighted by Gasteiger charge is -2.24. The van der Waals surface area contributed by atoms with Crippen molar-refractivity contribution < 1.29 is 18.0 Å². The van der Waals surface area contributed by atoms with Crippen molar-refractivity contribution in [2.45, 2.75) is 84.0 Å². The number of nitrogens with zero attached hydrogens (tertiary/aromatic N) is 2. The van der Waals surface area contributed by atoms with Gasteiger partial charge in [-0.2, -0.15) is 13.2 Å². The van der Waals surface area contributed by atoms with Crippen molar-refractivity contribution in [3.63, 3.8) is 0 Å². The summed E-state index contributed by atoms with van der Waals surface area (Å²) in [6.07, 6.45) is 7.27. The summed E-state index contributed by atoms with van der Waals surface area (Å²) in [5, 5.41) is 0. The van der Waals surface area contributed by atoms with E-state index >= 15 is 0 Å². The number of amides is 1. The Morgan fingerprint density at radius 1 is 1.12 bits per heavy atom. The Labute approximate surface area is 189 Å². The normalized spacial score (nSPS) is 14.8. The molecule has 2 aromatic rings. The molecule has 0 spiro atoms. The van der Waals surface area contributed by atoms with Crippen molar-refractivity contribution >= 4 is 5.91 Å². The molecule has 0 atom stereocenters. The highest BCUT2D eigenvalue weighted by Crippen LogP contribution is 2.30. The fraction of sp³-hybridized carbons (Fsp3) is 0.577. The summed E-state index contributed by atoms with van der Waals surface area (Å²) in [5.74, 6) is 0.876. The molecule has 3 rings (SSSR count). The van der Waals surface area contributed by atoms with E-state index < -0.39 is 11.7 Å². The summed E-state index contributed by atoms with van der Waals surface area (Å²) in [6, 6.07) is 9.32. The molecule has 1 aliphatic rings. The van der Waals surface area contributed by atoms with Gasteiger partial charge >= 0.3 is 6.18 Å². The maximum atomic E-state index is 13.1. The summed E-state index contributed by atoms with van der Waals surface area (Å²) in [4.78, 5) is 15.0. The van der Waals surface area contributed by atoms with Gasteiger partial charge < -0.3 is 9.47 Å². The fourth-order valence-corrected chi connectivity index (χ4v) is 4.61. The molecule has 176 valence electrons. The Kier molecular flexibility index (Phi) is 8.83. The van der Waals surface area contributed by atoms with Crippen LogP contribution >= 0.6 is 0 Å². The molecule has 0 N–H and O–H groups in total. The first-order chi connectivity index (χ1) is 15.4. The van der Waals surface area contributed by atoms with Crippen molar-refractivity contribution in [3.05, 3.63) is 59.4 Å². The van der Waals surface area contributed by atoms with Crippen molar-refractivity contribution in [3.8, 4) is 0 Å². The van der Waals surface area contributed by atoms with Crippen molar-refractivity contribution in [2.24, 2.45) is 5.92 Å². The zero-order valence-electron chi connectivity index (χ0n) is 19.0. The molecule has 1 aromatic heterocycles. The maximum Gasteiger partial charge on any atom is 0.416 e. The molecule has 0 aliphatic heterocycles. The lowest BCUT2D eigenvalue weighted by molar-refractivity contribution is -0.137. The average Bonchev–Trinajstić information content (AvgIpc) is 3.43. The van der Waals surface area contributed by atoms with E-state index in [9.17, 15) is 18.0 Å². The third-order valence-electron chi connectivity index (χ3n) is 6.51. The van der Waals surface area contributed by atoms with Crippen LogP contribution in [0.4, 0.5) is 13.2 Å². The zero-order chi connectivity index (χ0) is 23.0. The van der Waals surface area contributed by atoms with Crippen LogP contribution in [0.1, 0.15) is 81.5 Å². The van der Waals surface area contributed by atoms with Gasteiger partial charge in [-0.25, -0.2) is 0 Å². The first-order valence-electron chi connectivity index (χ1n) is 11.9. The zero-order valence-corrected chi connectivity index (χ0v) is 19.0. The van der Waals surface area contributed by atoms with Crippen LogP contribution in [0, 0.1) is 5.92 Å². The summed E-state index contributed by atoms with van der Waals surface area (Å²) in [7, 11) is 0. The number of carbonyl (C=O) groups excluding carboxylic acids is 1. The van der Waals surface area contributed by atoms with E-state index in [1.165, 1.54) is 37.8 Å². The molecule has 1 aliphatic carbocycles. The van der Waals surface area contributed by atoms with E-state index in [1.54, 1.807) is 6.07 Å². The molecule has 1 aromatic carbocycles. The number of benzene rings is 1. The topological polar surface area (TPSA) is 25.2 Å². The van der Waals surface area contributed by atoms with E-state index in [1.807, 2.05) is 27.8 Å². The van der Waals surface area contributed by atoms with E-state index in [4.69, 9.17) is 0 Å². The second-order valence-electron chi connectivity index (χ2n) is 9.04. The minimum atomic E-state index is -4.35. The quantitative estimate of drug-likeness (QED) is 0.338. The molecule has 1 saturated carbocycles. The molecule has 0 saturated heterocycles. The van der Waals surface area contributed by atoms with Gasteiger partial charge in [-0.05, 0) is 48.6 Å². The van der Waals surface area contributed by atoms with Gasteiger partial charge in [0.2, 0.25) is 5.91 Å². The van der Waals surface area contributed by atoms with E-state index in [0.717, 1.165) is 44.0 Å². The second kappa shape index (κ2) is 11.6. The summed E-state index contributed by atoms with van der Waals surface area (Å²) < 4.78 is 41.2. The lowest BCUT2D eigenvalue weighted by atomic mass is 10.0. The first-order valence-corrected chi connectivity index (χ1v) is 11.9. The van der Waals surface area contributed by atoms with Crippen LogP contribution in [-0.2, 0) is 24.1 Å². The molecule has 1 amide bonds. The smallest absolute Gasteiger partial charge is 0.345 e. The highest BCUT2D eigenvalue weighted by atomic mass is 19.4. The predicted octanol–water partition coefficient (Wildman–Crippen LogP) is 7.04. The number of hydrogen-bond acceptors (Lipinski definition) is 1. The van der Waals surface area contributed by atoms with Crippen LogP contribution < -0.4 is 0 Å². The molecule has 6 heteroatoms. The fourth-order valence-electron chi connectivity index (χ4n) is 4.61. The van der Waals surface area contributed by atoms with Gasteiger partial charge in [-0.15, -0.1) is 0 Å². The number of halogens is 3. The number of aromatic nitrogens is 1. The molecular formula is C26H35F3N2O.